The van der Waals surface area contributed by atoms with E-state index in [0.29, 0.717) is 15.9 Å². The van der Waals surface area contributed by atoms with Gasteiger partial charge in [-0.2, -0.15) is 0 Å². The first-order valence-corrected chi connectivity index (χ1v) is 6.44. The summed E-state index contributed by atoms with van der Waals surface area (Å²) in [4.78, 5) is 0. The number of benzene rings is 1. The lowest BCUT2D eigenvalue weighted by Crippen LogP contribution is -2.30. The lowest BCUT2D eigenvalue weighted by molar-refractivity contribution is 0.385. The van der Waals surface area contributed by atoms with Crippen LogP contribution in [0.5, 0.6) is 0 Å². The molecule has 0 heterocycles. The summed E-state index contributed by atoms with van der Waals surface area (Å²) in [6, 6.07) is 5.66. The van der Waals surface area contributed by atoms with Crippen molar-refractivity contribution in [1.82, 2.24) is 5.32 Å². The molecular formula is C12H16Cl3N. The van der Waals surface area contributed by atoms with Crippen LogP contribution in [0.3, 0.4) is 0 Å². The summed E-state index contributed by atoms with van der Waals surface area (Å²) in [6.45, 7) is 5.90. The number of alkyl halides is 1. The van der Waals surface area contributed by atoms with Crippen molar-refractivity contribution >= 4 is 34.8 Å². The lowest BCUT2D eigenvalue weighted by atomic mass is 9.96. The Hall–Kier alpha value is 0.0500. The van der Waals surface area contributed by atoms with Gasteiger partial charge in [-0.25, -0.2) is 0 Å². The number of halogens is 3. The fraction of sp³-hybridized carbons (Fsp3) is 0.500. The van der Waals surface area contributed by atoms with Crippen molar-refractivity contribution in [3.8, 4) is 0 Å². The van der Waals surface area contributed by atoms with Crippen LogP contribution in [0.15, 0.2) is 18.2 Å². The molecule has 16 heavy (non-hydrogen) atoms. The predicted octanol–water partition coefficient (Wildman–Crippen LogP) is 4.35. The van der Waals surface area contributed by atoms with Crippen molar-refractivity contribution in [2.75, 3.05) is 12.4 Å². The SMILES string of the molecule is CC(C)(CCl)CNCc1ccc(Cl)c(Cl)c1. The molecular weight excluding hydrogens is 264 g/mol. The summed E-state index contributed by atoms with van der Waals surface area (Å²) < 4.78 is 0. The van der Waals surface area contributed by atoms with Crippen LogP contribution in [-0.2, 0) is 6.54 Å². The molecule has 0 fully saturated rings. The fourth-order valence-electron chi connectivity index (χ4n) is 1.24. The van der Waals surface area contributed by atoms with Gasteiger partial charge in [0.15, 0.2) is 0 Å². The Morgan fingerprint density at radius 2 is 1.88 bits per heavy atom. The molecule has 1 rings (SSSR count). The Morgan fingerprint density at radius 1 is 1.19 bits per heavy atom. The molecule has 0 amide bonds. The van der Waals surface area contributed by atoms with Gasteiger partial charge in [0.05, 0.1) is 10.0 Å². The number of rotatable bonds is 5. The van der Waals surface area contributed by atoms with Crippen molar-refractivity contribution in [1.29, 1.82) is 0 Å². The molecule has 1 aromatic rings. The molecule has 1 N–H and O–H groups in total. The summed E-state index contributed by atoms with van der Waals surface area (Å²) in [5, 5.41) is 4.54. The van der Waals surface area contributed by atoms with Crippen LogP contribution in [0.4, 0.5) is 0 Å². The van der Waals surface area contributed by atoms with Crippen molar-refractivity contribution in [3.05, 3.63) is 33.8 Å². The smallest absolute Gasteiger partial charge is 0.0595 e. The van der Waals surface area contributed by atoms with Gasteiger partial charge in [0.2, 0.25) is 0 Å². The minimum absolute atomic E-state index is 0.109. The zero-order valence-corrected chi connectivity index (χ0v) is 11.8. The predicted molar refractivity (Wildman–Crippen MR) is 72.7 cm³/mol. The first-order chi connectivity index (χ1) is 7.44. The molecule has 1 nitrogen and oxygen atoms in total. The van der Waals surface area contributed by atoms with Gasteiger partial charge >= 0.3 is 0 Å². The van der Waals surface area contributed by atoms with E-state index in [9.17, 15) is 0 Å². The monoisotopic (exact) mass is 279 g/mol. The van der Waals surface area contributed by atoms with Gasteiger partial charge in [-0.05, 0) is 23.1 Å². The normalized spacial score (nSPS) is 11.8. The average molecular weight is 281 g/mol. The van der Waals surface area contributed by atoms with E-state index in [1.54, 1.807) is 0 Å². The second kappa shape index (κ2) is 6.11. The maximum atomic E-state index is 5.93. The zero-order valence-electron chi connectivity index (χ0n) is 9.49. The Balaban J connectivity index is 2.46. The molecule has 0 saturated heterocycles. The third kappa shape index (κ3) is 4.50. The molecule has 1 aromatic carbocycles. The van der Waals surface area contributed by atoms with Crippen molar-refractivity contribution < 1.29 is 0 Å². The van der Waals surface area contributed by atoms with E-state index in [2.05, 4.69) is 19.2 Å². The molecule has 0 atom stereocenters. The highest BCUT2D eigenvalue weighted by atomic mass is 35.5. The topological polar surface area (TPSA) is 12.0 Å². The highest BCUT2D eigenvalue weighted by Crippen LogP contribution is 2.22. The van der Waals surface area contributed by atoms with E-state index >= 15 is 0 Å². The molecule has 0 aromatic heterocycles. The Morgan fingerprint density at radius 3 is 2.44 bits per heavy atom. The molecule has 0 aliphatic heterocycles. The van der Waals surface area contributed by atoms with Gasteiger partial charge in [-0.15, -0.1) is 11.6 Å². The molecule has 0 spiro atoms. The van der Waals surface area contributed by atoms with Gasteiger partial charge in [0.1, 0.15) is 0 Å². The molecule has 4 heteroatoms. The van der Waals surface area contributed by atoms with Crippen LogP contribution in [0.25, 0.3) is 0 Å². The second-order valence-corrected chi connectivity index (χ2v) is 5.73. The Labute approximate surface area is 112 Å². The zero-order chi connectivity index (χ0) is 12.2. The average Bonchev–Trinajstić information content (AvgIpc) is 2.23. The van der Waals surface area contributed by atoms with Crippen molar-refractivity contribution in [2.24, 2.45) is 5.41 Å². The maximum absolute atomic E-state index is 5.93. The number of nitrogens with one attached hydrogen (secondary N) is 1. The van der Waals surface area contributed by atoms with E-state index in [-0.39, 0.29) is 5.41 Å². The lowest BCUT2D eigenvalue weighted by Gasteiger charge is -2.21. The van der Waals surface area contributed by atoms with E-state index in [1.165, 1.54) is 0 Å². The van der Waals surface area contributed by atoms with Gasteiger partial charge in [-0.3, -0.25) is 0 Å². The molecule has 0 aliphatic rings. The summed E-state index contributed by atoms with van der Waals surface area (Å²) in [7, 11) is 0. The van der Waals surface area contributed by atoms with E-state index in [0.717, 1.165) is 18.7 Å². The summed E-state index contributed by atoms with van der Waals surface area (Å²) in [5.41, 5.74) is 1.23. The van der Waals surface area contributed by atoms with Crippen LogP contribution in [0.2, 0.25) is 10.0 Å². The Bertz CT molecular complexity index is 350. The number of hydrogen-bond donors (Lipinski definition) is 1. The first-order valence-electron chi connectivity index (χ1n) is 5.15. The van der Waals surface area contributed by atoms with Gasteiger partial charge in [0.25, 0.3) is 0 Å². The van der Waals surface area contributed by atoms with Gasteiger partial charge < -0.3 is 5.32 Å². The summed E-state index contributed by atoms with van der Waals surface area (Å²) >= 11 is 17.6. The molecule has 0 radical (unpaired) electrons. The van der Waals surface area contributed by atoms with Gasteiger partial charge in [0, 0.05) is 19.0 Å². The van der Waals surface area contributed by atoms with Crippen molar-refractivity contribution in [2.45, 2.75) is 20.4 Å². The molecule has 0 aliphatic carbocycles. The van der Waals surface area contributed by atoms with Crippen LogP contribution in [0.1, 0.15) is 19.4 Å². The highest BCUT2D eigenvalue weighted by Gasteiger charge is 2.15. The standard InChI is InChI=1S/C12H16Cl3N/c1-12(2,7-13)8-16-6-9-3-4-10(14)11(15)5-9/h3-5,16H,6-8H2,1-2H3. The van der Waals surface area contributed by atoms with E-state index in [4.69, 9.17) is 34.8 Å². The molecule has 90 valence electrons. The minimum atomic E-state index is 0.109. The van der Waals surface area contributed by atoms with Crippen LogP contribution >= 0.6 is 34.8 Å². The molecule has 0 bridgehead atoms. The third-order valence-electron chi connectivity index (χ3n) is 2.28. The van der Waals surface area contributed by atoms with Crippen molar-refractivity contribution in [3.63, 3.8) is 0 Å². The molecule has 0 unspecified atom stereocenters. The maximum Gasteiger partial charge on any atom is 0.0595 e. The van der Waals surface area contributed by atoms with Crippen LogP contribution in [-0.4, -0.2) is 12.4 Å². The van der Waals surface area contributed by atoms with Gasteiger partial charge in [-0.1, -0.05) is 43.1 Å². The number of hydrogen-bond acceptors (Lipinski definition) is 1. The quantitative estimate of drug-likeness (QED) is 0.791. The van der Waals surface area contributed by atoms with Crippen LogP contribution < -0.4 is 5.32 Å². The summed E-state index contributed by atoms with van der Waals surface area (Å²) in [6.07, 6.45) is 0. The minimum Gasteiger partial charge on any atom is -0.312 e. The van der Waals surface area contributed by atoms with E-state index in [1.807, 2.05) is 18.2 Å². The van der Waals surface area contributed by atoms with Crippen LogP contribution in [0, 0.1) is 5.41 Å². The first kappa shape index (κ1) is 14.1. The fourth-order valence-corrected chi connectivity index (χ4v) is 1.66. The second-order valence-electron chi connectivity index (χ2n) is 4.65. The summed E-state index contributed by atoms with van der Waals surface area (Å²) in [5.74, 6) is 0.640. The Kier molecular flexibility index (Phi) is 5.39. The highest BCUT2D eigenvalue weighted by molar-refractivity contribution is 6.42. The third-order valence-corrected chi connectivity index (χ3v) is 3.74. The largest absolute Gasteiger partial charge is 0.312 e. The molecule has 0 saturated carbocycles. The van der Waals surface area contributed by atoms with E-state index < -0.39 is 0 Å².